The van der Waals surface area contributed by atoms with Crippen LogP contribution in [0.4, 0.5) is 5.69 Å². The van der Waals surface area contributed by atoms with Crippen LogP contribution in [0, 0.1) is 0 Å². The van der Waals surface area contributed by atoms with Crippen LogP contribution >= 0.6 is 11.6 Å². The van der Waals surface area contributed by atoms with Gasteiger partial charge in [0.05, 0.1) is 15.6 Å². The highest BCUT2D eigenvalue weighted by Crippen LogP contribution is 2.38. The van der Waals surface area contributed by atoms with E-state index in [9.17, 15) is 13.2 Å². The third-order valence-electron chi connectivity index (χ3n) is 3.48. The molecule has 0 unspecified atom stereocenters. The van der Waals surface area contributed by atoms with E-state index in [-0.39, 0.29) is 15.6 Å². The molecular formula is C17H14ClNO6S. The maximum absolute atomic E-state index is 12.5. The number of hydrogen-bond donors (Lipinski definition) is 2. The number of halogens is 1. The molecule has 9 heteroatoms. The summed E-state index contributed by atoms with van der Waals surface area (Å²) in [4.78, 5) is 10.5. The number of rotatable bonds is 5. The zero-order valence-corrected chi connectivity index (χ0v) is 14.9. The molecular weight excluding hydrogens is 382 g/mol. The van der Waals surface area contributed by atoms with E-state index in [1.165, 1.54) is 42.5 Å². The molecule has 0 aromatic heterocycles. The van der Waals surface area contributed by atoms with Crippen molar-refractivity contribution >= 4 is 39.4 Å². The monoisotopic (exact) mass is 395 g/mol. The van der Waals surface area contributed by atoms with Gasteiger partial charge in [-0.05, 0) is 23.8 Å². The van der Waals surface area contributed by atoms with Gasteiger partial charge in [-0.25, -0.2) is 13.2 Å². The molecule has 0 aliphatic carbocycles. The van der Waals surface area contributed by atoms with Gasteiger partial charge in [0.15, 0.2) is 11.5 Å². The molecule has 1 heterocycles. The highest BCUT2D eigenvalue weighted by Gasteiger charge is 2.20. The lowest BCUT2D eigenvalue weighted by molar-refractivity contribution is -0.131. The van der Waals surface area contributed by atoms with Crippen molar-refractivity contribution in [2.45, 2.75) is 4.90 Å². The number of anilines is 1. The van der Waals surface area contributed by atoms with Gasteiger partial charge in [0.2, 0.25) is 0 Å². The summed E-state index contributed by atoms with van der Waals surface area (Å²) in [6.07, 6.45) is 2.33. The molecule has 0 bridgehead atoms. The van der Waals surface area contributed by atoms with E-state index in [0.29, 0.717) is 30.3 Å². The van der Waals surface area contributed by atoms with Crippen molar-refractivity contribution in [3.05, 3.63) is 53.1 Å². The minimum atomic E-state index is -3.88. The summed E-state index contributed by atoms with van der Waals surface area (Å²) in [5.41, 5.74) is 0.731. The fourth-order valence-corrected chi connectivity index (χ4v) is 3.60. The molecule has 1 aliphatic rings. The van der Waals surface area contributed by atoms with E-state index < -0.39 is 16.0 Å². The Morgan fingerprint density at radius 2 is 1.73 bits per heavy atom. The van der Waals surface area contributed by atoms with E-state index in [0.717, 1.165) is 6.08 Å². The van der Waals surface area contributed by atoms with E-state index in [2.05, 4.69) is 4.72 Å². The second kappa shape index (κ2) is 7.27. The number of sulfonamides is 1. The fourth-order valence-electron chi connectivity index (χ4n) is 2.27. The van der Waals surface area contributed by atoms with Crippen LogP contribution in [0.3, 0.4) is 0 Å². The molecule has 136 valence electrons. The smallest absolute Gasteiger partial charge is 0.328 e. The van der Waals surface area contributed by atoms with Gasteiger partial charge in [0, 0.05) is 18.2 Å². The summed E-state index contributed by atoms with van der Waals surface area (Å²) in [6, 6.07) is 8.70. The predicted molar refractivity (Wildman–Crippen MR) is 96.4 cm³/mol. The molecule has 0 amide bonds. The Labute approximate surface area is 154 Å². The summed E-state index contributed by atoms with van der Waals surface area (Å²) < 4.78 is 38.3. The molecule has 7 nitrogen and oxygen atoms in total. The number of carboxylic acid groups (broad SMARTS) is 1. The van der Waals surface area contributed by atoms with Crippen LogP contribution in [0.25, 0.3) is 6.08 Å². The van der Waals surface area contributed by atoms with Crippen LogP contribution in [-0.4, -0.2) is 32.7 Å². The highest BCUT2D eigenvalue weighted by molar-refractivity contribution is 7.92. The number of ether oxygens (including phenoxy) is 2. The number of fused-ring (bicyclic) bond motifs is 1. The molecule has 2 N–H and O–H groups in total. The van der Waals surface area contributed by atoms with Crippen molar-refractivity contribution in [3.8, 4) is 11.5 Å². The third kappa shape index (κ3) is 4.09. The van der Waals surface area contributed by atoms with Crippen molar-refractivity contribution in [2.75, 3.05) is 17.9 Å². The number of benzene rings is 2. The Bertz CT molecular complexity index is 969. The van der Waals surface area contributed by atoms with Gasteiger partial charge in [0.25, 0.3) is 10.0 Å². The van der Waals surface area contributed by atoms with Crippen LogP contribution < -0.4 is 14.2 Å². The SMILES string of the molecule is O=C(O)/C=C/c1ccc(S(=O)(=O)Nc2cc3c(cc2Cl)OCCO3)cc1. The first-order valence-corrected chi connectivity index (χ1v) is 9.34. The Morgan fingerprint density at radius 1 is 1.12 bits per heavy atom. The number of nitrogens with one attached hydrogen (secondary N) is 1. The minimum absolute atomic E-state index is 0.0101. The van der Waals surface area contributed by atoms with Gasteiger partial charge in [-0.3, -0.25) is 4.72 Å². The molecule has 0 atom stereocenters. The van der Waals surface area contributed by atoms with Crippen LogP contribution in [-0.2, 0) is 14.8 Å². The number of hydrogen-bond acceptors (Lipinski definition) is 5. The summed E-state index contributed by atoms with van der Waals surface area (Å²) in [5.74, 6) is -0.220. The van der Waals surface area contributed by atoms with Crippen molar-refractivity contribution in [3.63, 3.8) is 0 Å². The van der Waals surface area contributed by atoms with E-state index in [1.54, 1.807) is 0 Å². The third-order valence-corrected chi connectivity index (χ3v) is 5.18. The molecule has 0 spiro atoms. The van der Waals surface area contributed by atoms with E-state index in [1.807, 2.05) is 0 Å². The lowest BCUT2D eigenvalue weighted by Crippen LogP contribution is -2.17. The lowest BCUT2D eigenvalue weighted by Gasteiger charge is -2.20. The lowest BCUT2D eigenvalue weighted by atomic mass is 10.2. The Kier molecular flexibility index (Phi) is 5.06. The molecule has 2 aromatic rings. The molecule has 26 heavy (non-hydrogen) atoms. The molecule has 3 rings (SSSR count). The topological polar surface area (TPSA) is 102 Å². The first kappa shape index (κ1) is 18.1. The Balaban J connectivity index is 1.84. The Morgan fingerprint density at radius 3 is 2.35 bits per heavy atom. The number of aliphatic carboxylic acids is 1. The van der Waals surface area contributed by atoms with E-state index in [4.69, 9.17) is 26.2 Å². The average molecular weight is 396 g/mol. The molecule has 0 saturated heterocycles. The molecule has 1 aliphatic heterocycles. The second-order valence-electron chi connectivity index (χ2n) is 5.32. The fraction of sp³-hybridized carbons (Fsp3) is 0.118. The van der Waals surface area contributed by atoms with Crippen LogP contribution in [0.5, 0.6) is 11.5 Å². The highest BCUT2D eigenvalue weighted by atomic mass is 35.5. The normalized spacial score (nSPS) is 13.6. The first-order valence-electron chi connectivity index (χ1n) is 7.48. The quantitative estimate of drug-likeness (QED) is 0.754. The van der Waals surface area contributed by atoms with Gasteiger partial charge >= 0.3 is 5.97 Å². The summed E-state index contributed by atoms with van der Waals surface area (Å²) in [5, 5.41) is 8.79. The maximum atomic E-state index is 12.5. The van der Waals surface area contributed by atoms with Crippen molar-refractivity contribution < 1.29 is 27.8 Å². The van der Waals surface area contributed by atoms with Crippen molar-refractivity contribution in [2.24, 2.45) is 0 Å². The van der Waals surface area contributed by atoms with Crippen molar-refractivity contribution in [1.82, 2.24) is 0 Å². The minimum Gasteiger partial charge on any atom is -0.486 e. The largest absolute Gasteiger partial charge is 0.486 e. The molecule has 0 saturated carbocycles. The maximum Gasteiger partial charge on any atom is 0.328 e. The van der Waals surface area contributed by atoms with Gasteiger partial charge in [-0.15, -0.1) is 0 Å². The van der Waals surface area contributed by atoms with E-state index >= 15 is 0 Å². The van der Waals surface area contributed by atoms with Gasteiger partial charge < -0.3 is 14.6 Å². The summed E-state index contributed by atoms with van der Waals surface area (Å²) in [6.45, 7) is 0.767. The zero-order valence-electron chi connectivity index (χ0n) is 13.3. The summed E-state index contributed by atoms with van der Waals surface area (Å²) >= 11 is 6.12. The van der Waals surface area contributed by atoms with Crippen LogP contribution in [0.1, 0.15) is 5.56 Å². The number of carboxylic acids is 1. The molecule has 2 aromatic carbocycles. The predicted octanol–water partition coefficient (Wildman–Crippen LogP) is 3.01. The van der Waals surface area contributed by atoms with Crippen LogP contribution in [0.15, 0.2) is 47.4 Å². The van der Waals surface area contributed by atoms with Crippen molar-refractivity contribution in [1.29, 1.82) is 0 Å². The Hall–Kier alpha value is -2.71. The second-order valence-corrected chi connectivity index (χ2v) is 7.41. The summed E-state index contributed by atoms with van der Waals surface area (Å²) in [7, 11) is -3.88. The number of carbonyl (C=O) groups is 1. The molecule has 0 fully saturated rings. The molecule has 0 radical (unpaired) electrons. The average Bonchev–Trinajstić information content (AvgIpc) is 2.61. The first-order chi connectivity index (χ1) is 12.3. The van der Waals surface area contributed by atoms with Gasteiger partial charge in [-0.1, -0.05) is 23.7 Å². The zero-order chi connectivity index (χ0) is 18.7. The standard InChI is InChI=1S/C17H14ClNO6S/c18-13-9-15-16(25-8-7-24-15)10-14(13)19-26(22,23)12-4-1-11(2-5-12)3-6-17(20)21/h1-6,9-10,19H,7-8H2,(H,20,21)/b6-3+. The van der Waals surface area contributed by atoms with Gasteiger partial charge in [-0.2, -0.15) is 0 Å². The van der Waals surface area contributed by atoms with Crippen LogP contribution in [0.2, 0.25) is 5.02 Å². The van der Waals surface area contributed by atoms with Gasteiger partial charge in [0.1, 0.15) is 13.2 Å².